The third-order valence-electron chi connectivity index (χ3n) is 7.51. The summed E-state index contributed by atoms with van der Waals surface area (Å²) in [6, 6.07) is 3.27. The summed E-state index contributed by atoms with van der Waals surface area (Å²) in [6.07, 6.45) is 0.877. The Morgan fingerprint density at radius 1 is 0.917 bits per heavy atom. The molecule has 48 heavy (non-hydrogen) atoms. The van der Waals surface area contributed by atoms with Crippen molar-refractivity contribution in [1.82, 2.24) is 31.5 Å². The van der Waals surface area contributed by atoms with E-state index in [0.717, 1.165) is 4.46 Å². The summed E-state index contributed by atoms with van der Waals surface area (Å²) >= 11 is 4.08. The number of thiol groups is 1. The summed E-state index contributed by atoms with van der Waals surface area (Å²) in [5.74, 6) is -5.22. The van der Waals surface area contributed by atoms with Gasteiger partial charge < -0.3 is 5.73 Å². The number of carbonyl (C=O) groups is 7. The Labute approximate surface area is 292 Å². The molecular weight excluding hydrogens is 709 g/mol. The number of likely N-dealkylation sites (tertiary alicyclic amines) is 1. The summed E-state index contributed by atoms with van der Waals surface area (Å²) < 4.78 is 0.968. The summed E-state index contributed by atoms with van der Waals surface area (Å²) in [5.41, 5.74) is 5.63. The number of carboxylic acid groups (broad SMARTS) is 1. The fourth-order valence-electron chi connectivity index (χ4n) is 4.72. The maximum absolute atomic E-state index is 13.5. The first-order valence-corrected chi connectivity index (χ1v) is 18.2. The molecule has 0 aromatic heterocycles. The third-order valence-corrected chi connectivity index (χ3v) is 10.1. The van der Waals surface area contributed by atoms with Gasteiger partial charge in [0.05, 0.1) is 6.04 Å². The molecule has 0 radical (unpaired) electrons. The predicted molar refractivity (Wildman–Crippen MR) is 182 cm³/mol. The normalized spacial score (nSPS) is 18.0. The molecular formula is C31H47N7O8SSe. The Hall–Kier alpha value is -3.66. The van der Waals surface area contributed by atoms with Crippen molar-refractivity contribution in [2.75, 3.05) is 13.1 Å². The second-order valence-electron chi connectivity index (χ2n) is 12.0. The van der Waals surface area contributed by atoms with Gasteiger partial charge in [-0.1, -0.05) is 6.92 Å². The summed E-state index contributed by atoms with van der Waals surface area (Å²) in [7, 11) is 0. The van der Waals surface area contributed by atoms with Gasteiger partial charge in [0.25, 0.3) is 0 Å². The van der Waals surface area contributed by atoms with Gasteiger partial charge in [-0.3, -0.25) is 4.79 Å². The molecule has 17 heteroatoms. The van der Waals surface area contributed by atoms with E-state index in [4.69, 9.17) is 5.73 Å². The number of hydrogen-bond donors (Lipinski definition) is 8. The van der Waals surface area contributed by atoms with Crippen LogP contribution in [0.4, 0.5) is 0 Å². The number of carbonyl (C=O) groups excluding carboxylic acids is 6. The zero-order chi connectivity index (χ0) is 36.1. The van der Waals surface area contributed by atoms with Crippen LogP contribution in [-0.2, 0) is 33.6 Å². The monoisotopic (exact) mass is 757 g/mol. The van der Waals surface area contributed by atoms with Gasteiger partial charge in [-0.25, -0.2) is 0 Å². The van der Waals surface area contributed by atoms with E-state index in [-0.39, 0.29) is 26.8 Å². The first-order valence-electron chi connectivity index (χ1n) is 15.7. The van der Waals surface area contributed by atoms with Crippen LogP contribution in [0.1, 0.15) is 47.5 Å². The molecule has 7 atom stereocenters. The molecule has 0 unspecified atom stereocenters. The van der Waals surface area contributed by atoms with Crippen molar-refractivity contribution in [1.29, 1.82) is 0 Å². The molecule has 1 fully saturated rings. The minimum atomic E-state index is -1.23. The van der Waals surface area contributed by atoms with Crippen LogP contribution in [0.2, 0.25) is 5.32 Å². The SMILES string of the molecule is CC(C)[C@H](NC(=O)[C@H](C[Se]c1ccccc1)NC(=O)CNC(=O)[C@@H]1CCCN1C(=O)[C@H](NC(=O)[C@H](C)N)[C@@H](C)S)C(=O)N[C@@H](C)C(=O)O. The molecule has 0 bridgehead atoms. The summed E-state index contributed by atoms with van der Waals surface area (Å²) in [4.78, 5) is 90.6. The van der Waals surface area contributed by atoms with Crippen LogP contribution in [-0.4, -0.2) is 121 Å². The van der Waals surface area contributed by atoms with Gasteiger partial charge in [0.1, 0.15) is 0 Å². The average Bonchev–Trinajstić information content (AvgIpc) is 3.53. The zero-order valence-corrected chi connectivity index (χ0v) is 30.3. The number of benzene rings is 1. The van der Waals surface area contributed by atoms with Crippen LogP contribution in [0, 0.1) is 5.92 Å². The van der Waals surface area contributed by atoms with E-state index in [2.05, 4.69) is 39.2 Å². The maximum atomic E-state index is 13.5. The molecule has 1 aromatic rings. The fourth-order valence-corrected chi connectivity index (χ4v) is 6.90. The Bertz CT molecular complexity index is 1320. The predicted octanol–water partition coefficient (Wildman–Crippen LogP) is -2.09. The summed E-state index contributed by atoms with van der Waals surface area (Å²) in [5, 5.41) is 21.6. The number of nitrogens with two attached hydrogens (primary N) is 1. The van der Waals surface area contributed by atoms with E-state index in [1.807, 2.05) is 30.3 Å². The van der Waals surface area contributed by atoms with Crippen molar-refractivity contribution >= 4 is 73.5 Å². The molecule has 2 rings (SSSR count). The fraction of sp³-hybridized carbons (Fsp3) is 0.581. The Morgan fingerprint density at radius 2 is 1.54 bits per heavy atom. The number of nitrogens with one attached hydrogen (secondary N) is 5. The molecule has 0 spiro atoms. The van der Waals surface area contributed by atoms with Crippen molar-refractivity contribution < 1.29 is 38.7 Å². The Morgan fingerprint density at radius 3 is 2.10 bits per heavy atom. The van der Waals surface area contributed by atoms with Crippen LogP contribution in [0.3, 0.4) is 0 Å². The second kappa shape index (κ2) is 19.4. The van der Waals surface area contributed by atoms with Crippen LogP contribution in [0.5, 0.6) is 0 Å². The quantitative estimate of drug-likeness (QED) is 0.0643. The molecule has 1 heterocycles. The molecule has 1 aliphatic rings. The molecule has 0 saturated carbocycles. The molecule has 6 amide bonds. The van der Waals surface area contributed by atoms with Crippen molar-refractivity contribution in [2.45, 2.75) is 94.3 Å². The molecule has 1 aromatic carbocycles. The molecule has 1 aliphatic heterocycles. The van der Waals surface area contributed by atoms with Crippen LogP contribution in [0.15, 0.2) is 30.3 Å². The van der Waals surface area contributed by atoms with Crippen molar-refractivity contribution in [2.24, 2.45) is 11.7 Å². The standard InChI is InChI=1S/C31H47N7O8SSe/c1-16(2)24(29(43)34-18(4)31(45)46)36-27(41)21(15-48-20-10-7-6-8-11-20)35-23(39)14-33-28(42)22-12-9-13-38(22)30(44)25(19(5)47)37-26(40)17(3)32/h6-8,10-11,16-19,21-22,24-25,47H,9,12-15,32H2,1-5H3,(H,33,42)(H,34,43)(H,35,39)(H,36,41)(H,37,40)(H,45,46)/t17-,18-,19+,21-,22-,24-,25+/m0/s1. The third kappa shape index (κ3) is 12.4. The molecule has 8 N–H and O–H groups in total. The van der Waals surface area contributed by atoms with E-state index in [1.54, 1.807) is 20.8 Å². The van der Waals surface area contributed by atoms with E-state index in [1.165, 1.54) is 18.7 Å². The summed E-state index contributed by atoms with van der Waals surface area (Å²) in [6.45, 7) is 7.59. The van der Waals surface area contributed by atoms with Gasteiger partial charge in [-0.05, 0) is 6.92 Å². The Balaban J connectivity index is 2.12. The zero-order valence-electron chi connectivity index (χ0n) is 27.7. The Kier molecular flexibility index (Phi) is 16.3. The van der Waals surface area contributed by atoms with Crippen LogP contribution >= 0.6 is 12.6 Å². The number of aliphatic carboxylic acids is 1. The van der Waals surface area contributed by atoms with Gasteiger partial charge >= 0.3 is 244 Å². The number of hydrogen-bond acceptors (Lipinski definition) is 9. The number of rotatable bonds is 17. The van der Waals surface area contributed by atoms with E-state index in [0.29, 0.717) is 12.8 Å². The van der Waals surface area contributed by atoms with Gasteiger partial charge in [-0.15, -0.1) is 0 Å². The van der Waals surface area contributed by atoms with E-state index in [9.17, 15) is 38.7 Å². The van der Waals surface area contributed by atoms with Crippen LogP contribution < -0.4 is 36.8 Å². The van der Waals surface area contributed by atoms with E-state index >= 15 is 0 Å². The number of nitrogens with zero attached hydrogens (tertiary/aromatic N) is 1. The minimum absolute atomic E-state index is 0.224. The second-order valence-corrected chi connectivity index (χ2v) is 15.1. The molecule has 0 aliphatic carbocycles. The van der Waals surface area contributed by atoms with Crippen molar-refractivity contribution in [3.05, 3.63) is 30.3 Å². The average molecular weight is 757 g/mol. The van der Waals surface area contributed by atoms with Crippen LogP contribution in [0.25, 0.3) is 0 Å². The number of amides is 6. The van der Waals surface area contributed by atoms with Crippen molar-refractivity contribution in [3.8, 4) is 0 Å². The molecule has 266 valence electrons. The van der Waals surface area contributed by atoms with Crippen molar-refractivity contribution in [3.63, 3.8) is 0 Å². The van der Waals surface area contributed by atoms with Gasteiger partial charge in [0, 0.05) is 0 Å². The molecule has 1 saturated heterocycles. The van der Waals surface area contributed by atoms with Gasteiger partial charge in [-0.2, -0.15) is 12.6 Å². The topological polar surface area (TPSA) is 229 Å². The van der Waals surface area contributed by atoms with Gasteiger partial charge in [0.15, 0.2) is 0 Å². The first kappa shape index (κ1) is 40.5. The van der Waals surface area contributed by atoms with E-state index < -0.39 is 95.4 Å². The van der Waals surface area contributed by atoms with Gasteiger partial charge in [0.2, 0.25) is 5.91 Å². The number of carboxylic acids is 1. The first-order chi connectivity index (χ1) is 22.5. The molecule has 15 nitrogen and oxygen atoms in total.